The van der Waals surface area contributed by atoms with Gasteiger partial charge in [0.25, 0.3) is 0 Å². The number of rotatable bonds is 1. The van der Waals surface area contributed by atoms with Crippen LogP contribution in [0, 0.1) is 6.92 Å². The molecule has 0 amide bonds. The third-order valence-corrected chi connectivity index (χ3v) is 5.36. The van der Waals surface area contributed by atoms with Gasteiger partial charge in [-0.2, -0.15) is 0 Å². The third-order valence-electron chi connectivity index (χ3n) is 2.02. The number of halogens is 1. The lowest BCUT2D eigenvalue weighted by Crippen LogP contribution is -3.00. The van der Waals surface area contributed by atoms with E-state index in [-0.39, 0.29) is 12.4 Å². The average molecular weight is 233 g/mol. The predicted octanol–water partition coefficient (Wildman–Crippen LogP) is -0.441. The highest BCUT2D eigenvalue weighted by molar-refractivity contribution is 8.11. The van der Waals surface area contributed by atoms with Crippen molar-refractivity contribution in [1.82, 2.24) is 0 Å². The van der Waals surface area contributed by atoms with E-state index in [9.17, 15) is 0 Å². The molecule has 0 nitrogen and oxygen atoms in total. The van der Waals surface area contributed by atoms with Gasteiger partial charge in [-0.05, 0) is 18.7 Å². The largest absolute Gasteiger partial charge is 1.00 e. The Morgan fingerprint density at radius 1 is 1.31 bits per heavy atom. The minimum Gasteiger partial charge on any atom is -1.00 e. The van der Waals surface area contributed by atoms with E-state index in [1.54, 1.807) is 11.8 Å². The van der Waals surface area contributed by atoms with Gasteiger partial charge in [-0.25, -0.2) is 0 Å². The second-order valence-electron chi connectivity index (χ2n) is 3.04. The van der Waals surface area contributed by atoms with Gasteiger partial charge in [0.05, 0.1) is 0 Å². The zero-order valence-electron chi connectivity index (χ0n) is 7.53. The van der Waals surface area contributed by atoms with Crippen molar-refractivity contribution in [3.8, 4) is 0 Å². The fourth-order valence-electron chi connectivity index (χ4n) is 1.32. The summed E-state index contributed by atoms with van der Waals surface area (Å²) in [5, 5.41) is 0. The van der Waals surface area contributed by atoms with Gasteiger partial charge in [-0.3, -0.25) is 0 Å². The Balaban J connectivity index is 0.000000845. The van der Waals surface area contributed by atoms with Crippen molar-refractivity contribution in [2.24, 2.45) is 0 Å². The Hall–Kier alpha value is 0.210. The Morgan fingerprint density at radius 3 is 2.54 bits per heavy atom. The van der Waals surface area contributed by atoms with Crippen molar-refractivity contribution in [3.05, 3.63) is 35.4 Å². The number of benzene rings is 1. The SMILES string of the molecule is Cc1ccc(C2SCC[SH+]2)cc1.[Cl-]. The molecule has 1 fully saturated rings. The molecule has 0 bridgehead atoms. The molecular weight excluding hydrogens is 220 g/mol. The Bertz CT molecular complexity index is 252. The van der Waals surface area contributed by atoms with Crippen molar-refractivity contribution in [3.63, 3.8) is 0 Å². The van der Waals surface area contributed by atoms with Crippen LogP contribution in [0.25, 0.3) is 0 Å². The van der Waals surface area contributed by atoms with Crippen LogP contribution in [0.2, 0.25) is 0 Å². The highest BCUT2D eigenvalue weighted by Gasteiger charge is 2.25. The lowest BCUT2D eigenvalue weighted by Gasteiger charge is -2.01. The second kappa shape index (κ2) is 5.18. The van der Waals surface area contributed by atoms with Gasteiger partial charge in [0.2, 0.25) is 0 Å². The highest BCUT2D eigenvalue weighted by atomic mass is 35.5. The van der Waals surface area contributed by atoms with Crippen LogP contribution in [0.4, 0.5) is 0 Å². The van der Waals surface area contributed by atoms with Crippen LogP contribution < -0.4 is 12.4 Å². The molecule has 3 heteroatoms. The van der Waals surface area contributed by atoms with E-state index in [0.717, 1.165) is 4.58 Å². The molecule has 1 aromatic carbocycles. The number of aryl methyl sites for hydroxylation is 1. The molecule has 1 heterocycles. The first-order valence-corrected chi connectivity index (χ1v) is 6.41. The Morgan fingerprint density at radius 2 is 2.00 bits per heavy atom. The van der Waals surface area contributed by atoms with Crippen LogP contribution in [0.5, 0.6) is 0 Å². The van der Waals surface area contributed by atoms with Crippen LogP contribution in [0.3, 0.4) is 0 Å². The normalized spacial score (nSPS) is 21.2. The zero-order chi connectivity index (χ0) is 8.39. The molecule has 1 saturated heterocycles. The number of thioether (sulfide) groups is 1. The third kappa shape index (κ3) is 2.83. The molecule has 1 unspecified atom stereocenters. The summed E-state index contributed by atoms with van der Waals surface area (Å²) in [6.07, 6.45) is 0. The fourth-order valence-corrected chi connectivity index (χ4v) is 4.41. The summed E-state index contributed by atoms with van der Waals surface area (Å²) in [6.45, 7) is 2.14. The molecule has 1 aliphatic rings. The highest BCUT2D eigenvalue weighted by Crippen LogP contribution is 2.35. The van der Waals surface area contributed by atoms with Crippen molar-refractivity contribution in [2.45, 2.75) is 11.5 Å². The van der Waals surface area contributed by atoms with Crippen LogP contribution >= 0.6 is 11.8 Å². The Kier molecular flexibility index (Phi) is 4.50. The lowest BCUT2D eigenvalue weighted by molar-refractivity contribution is -0.00000236. The molecule has 0 radical (unpaired) electrons. The number of hydrogen-bond acceptors (Lipinski definition) is 1. The topological polar surface area (TPSA) is 0 Å². The first-order valence-electron chi connectivity index (χ1n) is 4.21. The van der Waals surface area contributed by atoms with Gasteiger partial charge >= 0.3 is 0 Å². The number of hydrogen-bond donors (Lipinski definition) is 0. The Labute approximate surface area is 94.3 Å². The van der Waals surface area contributed by atoms with Crippen LogP contribution in [-0.2, 0) is 11.8 Å². The van der Waals surface area contributed by atoms with E-state index in [0.29, 0.717) is 0 Å². The number of thiol groups is 1. The fraction of sp³-hybridized carbons (Fsp3) is 0.400. The van der Waals surface area contributed by atoms with E-state index >= 15 is 0 Å². The molecule has 1 aliphatic heterocycles. The van der Waals surface area contributed by atoms with E-state index in [4.69, 9.17) is 0 Å². The van der Waals surface area contributed by atoms with Gasteiger partial charge in [0, 0.05) is 11.3 Å². The molecule has 0 aliphatic carbocycles. The molecule has 0 N–H and O–H groups in total. The average Bonchev–Trinajstić information content (AvgIpc) is 2.58. The van der Waals surface area contributed by atoms with Crippen LogP contribution in [0.1, 0.15) is 15.7 Å². The molecule has 72 valence electrons. The van der Waals surface area contributed by atoms with E-state index in [2.05, 4.69) is 43.0 Å². The summed E-state index contributed by atoms with van der Waals surface area (Å²) in [5.74, 6) is 2.70. The maximum atomic E-state index is 2.27. The van der Waals surface area contributed by atoms with Gasteiger partial charge in [0.1, 0.15) is 5.75 Å². The van der Waals surface area contributed by atoms with E-state index < -0.39 is 0 Å². The maximum Gasteiger partial charge on any atom is 0.186 e. The summed E-state index contributed by atoms with van der Waals surface area (Å²) in [5.41, 5.74) is 2.86. The molecule has 13 heavy (non-hydrogen) atoms. The molecule has 2 rings (SSSR count). The van der Waals surface area contributed by atoms with Crippen molar-refractivity contribution in [1.29, 1.82) is 0 Å². The molecule has 0 spiro atoms. The molecular formula is C10H13ClS2. The minimum atomic E-state index is 0. The van der Waals surface area contributed by atoms with Gasteiger partial charge in [-0.15, -0.1) is 0 Å². The van der Waals surface area contributed by atoms with Crippen molar-refractivity contribution in [2.75, 3.05) is 11.5 Å². The maximum absolute atomic E-state index is 2.27. The van der Waals surface area contributed by atoms with Crippen molar-refractivity contribution < 1.29 is 12.4 Å². The predicted molar refractivity (Wildman–Crippen MR) is 60.0 cm³/mol. The second-order valence-corrected chi connectivity index (χ2v) is 5.93. The van der Waals surface area contributed by atoms with Gasteiger partial charge < -0.3 is 12.4 Å². The first kappa shape index (κ1) is 11.3. The lowest BCUT2D eigenvalue weighted by atomic mass is 10.2. The summed E-state index contributed by atoms with van der Waals surface area (Å²) in [6, 6.07) is 8.96. The molecule has 1 aromatic rings. The summed E-state index contributed by atoms with van der Waals surface area (Å²) in [7, 11) is 0. The molecule has 0 aromatic heterocycles. The van der Waals surface area contributed by atoms with Gasteiger partial charge in [0.15, 0.2) is 4.58 Å². The smallest absolute Gasteiger partial charge is 0.186 e. The van der Waals surface area contributed by atoms with Gasteiger partial charge in [-0.1, -0.05) is 41.6 Å². The summed E-state index contributed by atoms with van der Waals surface area (Å²) in [4.78, 5) is 0. The van der Waals surface area contributed by atoms with Crippen LogP contribution in [0.15, 0.2) is 24.3 Å². The zero-order valence-corrected chi connectivity index (χ0v) is 10.0. The standard InChI is InChI=1S/C10H12S2.ClH/c1-8-2-4-9(5-3-8)10-11-6-7-12-10;/h2-5,10H,6-7H2,1H3;1H. The van der Waals surface area contributed by atoms with E-state index in [1.807, 2.05) is 0 Å². The van der Waals surface area contributed by atoms with Crippen LogP contribution in [-0.4, -0.2) is 11.5 Å². The quantitative estimate of drug-likeness (QED) is 0.468. The molecule has 1 atom stereocenters. The monoisotopic (exact) mass is 232 g/mol. The minimum absolute atomic E-state index is 0. The van der Waals surface area contributed by atoms with Crippen molar-refractivity contribution >= 4 is 23.5 Å². The first-order chi connectivity index (χ1) is 5.86. The molecule has 0 saturated carbocycles. The van der Waals surface area contributed by atoms with E-state index in [1.165, 1.54) is 22.6 Å². The summed E-state index contributed by atoms with van der Waals surface area (Å²) >= 11 is 3.69. The summed E-state index contributed by atoms with van der Waals surface area (Å²) < 4.78 is 0.755.